The minimum Gasteiger partial charge on any atom is -0.330 e. The summed E-state index contributed by atoms with van der Waals surface area (Å²) in [7, 11) is 0. The largest absolute Gasteiger partial charge is 0.330 e. The topological polar surface area (TPSA) is 26.0 Å². The molecular weight excluding hydrogens is 177 g/mol. The normalized spacial score (nSPS) is 25.1. The van der Waals surface area contributed by atoms with Crippen LogP contribution in [0.1, 0.15) is 30.9 Å². The third-order valence-corrected chi connectivity index (χ3v) is 3.36. The first-order valence-corrected chi connectivity index (χ1v) is 5.15. The highest BCUT2D eigenvalue weighted by Gasteiger charge is 2.33. The molecule has 1 aromatic rings. The van der Waals surface area contributed by atoms with Crippen LogP contribution in [-0.2, 0) is 11.8 Å². The maximum Gasteiger partial charge on any atom is 0.123 e. The van der Waals surface area contributed by atoms with Gasteiger partial charge in [-0.25, -0.2) is 4.39 Å². The Morgan fingerprint density at radius 1 is 1.50 bits per heavy atom. The van der Waals surface area contributed by atoms with E-state index < -0.39 is 0 Å². The van der Waals surface area contributed by atoms with Crippen molar-refractivity contribution in [3.63, 3.8) is 0 Å². The van der Waals surface area contributed by atoms with Crippen LogP contribution in [0.3, 0.4) is 0 Å². The van der Waals surface area contributed by atoms with Crippen LogP contribution in [-0.4, -0.2) is 6.54 Å². The van der Waals surface area contributed by atoms with Gasteiger partial charge < -0.3 is 5.73 Å². The van der Waals surface area contributed by atoms with Gasteiger partial charge in [0.1, 0.15) is 5.82 Å². The number of aryl methyl sites for hydroxylation is 1. The molecule has 0 fully saturated rings. The average molecular weight is 193 g/mol. The molecule has 1 aliphatic carbocycles. The Bertz CT molecular complexity index is 348. The molecule has 2 heteroatoms. The Kier molecular flexibility index (Phi) is 2.31. The van der Waals surface area contributed by atoms with Gasteiger partial charge in [-0.2, -0.15) is 0 Å². The predicted octanol–water partition coefficient (Wildman–Crippen LogP) is 2.38. The molecule has 0 spiro atoms. The fraction of sp³-hybridized carbons (Fsp3) is 0.500. The molecule has 1 aliphatic rings. The van der Waals surface area contributed by atoms with Crippen LogP contribution in [0.15, 0.2) is 18.2 Å². The summed E-state index contributed by atoms with van der Waals surface area (Å²) in [5.41, 5.74) is 8.25. The molecule has 14 heavy (non-hydrogen) atoms. The second kappa shape index (κ2) is 3.35. The highest BCUT2D eigenvalue weighted by Crippen LogP contribution is 2.40. The standard InChI is InChI=1S/C12H16FN/c1-12(6-7-14)5-4-9-8-10(13)2-3-11(9)12/h2-3,8H,4-7,14H2,1H3. The molecule has 2 rings (SSSR count). The molecule has 1 atom stereocenters. The van der Waals surface area contributed by atoms with Crippen molar-refractivity contribution in [3.8, 4) is 0 Å². The van der Waals surface area contributed by atoms with E-state index in [2.05, 4.69) is 6.92 Å². The van der Waals surface area contributed by atoms with E-state index in [1.54, 1.807) is 12.1 Å². The average Bonchev–Trinajstić information content (AvgIpc) is 2.44. The second-order valence-electron chi connectivity index (χ2n) is 4.40. The van der Waals surface area contributed by atoms with Gasteiger partial charge in [0.2, 0.25) is 0 Å². The summed E-state index contributed by atoms with van der Waals surface area (Å²) in [5, 5.41) is 0. The molecule has 1 unspecified atom stereocenters. The summed E-state index contributed by atoms with van der Waals surface area (Å²) in [5.74, 6) is -0.124. The predicted molar refractivity (Wildman–Crippen MR) is 55.7 cm³/mol. The van der Waals surface area contributed by atoms with Gasteiger partial charge in [-0.1, -0.05) is 13.0 Å². The number of halogens is 1. The van der Waals surface area contributed by atoms with Crippen molar-refractivity contribution in [1.82, 2.24) is 0 Å². The lowest BCUT2D eigenvalue weighted by Crippen LogP contribution is -2.22. The summed E-state index contributed by atoms with van der Waals surface area (Å²) >= 11 is 0. The van der Waals surface area contributed by atoms with E-state index in [0.717, 1.165) is 19.3 Å². The molecule has 2 N–H and O–H groups in total. The molecule has 0 bridgehead atoms. The van der Waals surface area contributed by atoms with Crippen LogP contribution in [0.5, 0.6) is 0 Å². The van der Waals surface area contributed by atoms with Gasteiger partial charge in [0.25, 0.3) is 0 Å². The monoisotopic (exact) mass is 193 g/mol. The van der Waals surface area contributed by atoms with Crippen LogP contribution < -0.4 is 5.73 Å². The van der Waals surface area contributed by atoms with Gasteiger partial charge in [0.05, 0.1) is 0 Å². The Morgan fingerprint density at radius 3 is 3.00 bits per heavy atom. The van der Waals surface area contributed by atoms with E-state index in [0.29, 0.717) is 6.54 Å². The highest BCUT2D eigenvalue weighted by atomic mass is 19.1. The third-order valence-electron chi connectivity index (χ3n) is 3.36. The first kappa shape index (κ1) is 9.66. The molecule has 0 radical (unpaired) electrons. The van der Waals surface area contributed by atoms with E-state index in [-0.39, 0.29) is 11.2 Å². The van der Waals surface area contributed by atoms with Crippen molar-refractivity contribution in [1.29, 1.82) is 0 Å². The van der Waals surface area contributed by atoms with Crippen LogP contribution in [0.4, 0.5) is 4.39 Å². The molecule has 0 saturated carbocycles. The van der Waals surface area contributed by atoms with Gasteiger partial charge in [0.15, 0.2) is 0 Å². The number of fused-ring (bicyclic) bond motifs is 1. The van der Waals surface area contributed by atoms with Gasteiger partial charge in [-0.05, 0) is 54.5 Å². The van der Waals surface area contributed by atoms with Crippen molar-refractivity contribution >= 4 is 0 Å². The van der Waals surface area contributed by atoms with E-state index in [4.69, 9.17) is 5.73 Å². The van der Waals surface area contributed by atoms with Gasteiger partial charge >= 0.3 is 0 Å². The zero-order valence-electron chi connectivity index (χ0n) is 8.52. The number of rotatable bonds is 2. The summed E-state index contributed by atoms with van der Waals surface area (Å²) in [4.78, 5) is 0. The molecule has 1 aromatic carbocycles. The van der Waals surface area contributed by atoms with E-state index in [1.165, 1.54) is 11.1 Å². The summed E-state index contributed by atoms with van der Waals surface area (Å²) in [6.07, 6.45) is 3.08. The van der Waals surface area contributed by atoms with Crippen LogP contribution in [0, 0.1) is 5.82 Å². The Hall–Kier alpha value is -0.890. The molecule has 0 aromatic heterocycles. The molecule has 1 nitrogen and oxygen atoms in total. The number of hydrogen-bond donors (Lipinski definition) is 1. The number of benzene rings is 1. The van der Waals surface area contributed by atoms with Crippen molar-refractivity contribution in [2.75, 3.05) is 6.54 Å². The highest BCUT2D eigenvalue weighted by molar-refractivity contribution is 5.39. The first-order chi connectivity index (χ1) is 6.65. The van der Waals surface area contributed by atoms with E-state index in [1.807, 2.05) is 6.07 Å². The van der Waals surface area contributed by atoms with Crippen molar-refractivity contribution in [2.24, 2.45) is 5.73 Å². The fourth-order valence-electron chi connectivity index (χ4n) is 2.48. The molecule has 0 amide bonds. The zero-order chi connectivity index (χ0) is 10.2. The minimum atomic E-state index is -0.124. The maximum atomic E-state index is 13.0. The van der Waals surface area contributed by atoms with Crippen molar-refractivity contribution < 1.29 is 4.39 Å². The lowest BCUT2D eigenvalue weighted by molar-refractivity contribution is 0.438. The summed E-state index contributed by atoms with van der Waals surface area (Å²) in [6, 6.07) is 5.14. The zero-order valence-corrected chi connectivity index (χ0v) is 8.52. The van der Waals surface area contributed by atoms with Crippen LogP contribution in [0.25, 0.3) is 0 Å². The van der Waals surface area contributed by atoms with Gasteiger partial charge in [-0.3, -0.25) is 0 Å². The number of hydrogen-bond acceptors (Lipinski definition) is 1. The van der Waals surface area contributed by atoms with E-state index >= 15 is 0 Å². The maximum absolute atomic E-state index is 13.0. The molecule has 76 valence electrons. The number of nitrogens with two attached hydrogens (primary N) is 1. The minimum absolute atomic E-state index is 0.124. The first-order valence-electron chi connectivity index (χ1n) is 5.15. The Morgan fingerprint density at radius 2 is 2.29 bits per heavy atom. The quantitative estimate of drug-likeness (QED) is 0.766. The van der Waals surface area contributed by atoms with Gasteiger partial charge in [0, 0.05) is 0 Å². The third kappa shape index (κ3) is 1.44. The van der Waals surface area contributed by atoms with Crippen LogP contribution in [0.2, 0.25) is 0 Å². The van der Waals surface area contributed by atoms with Gasteiger partial charge in [-0.15, -0.1) is 0 Å². The van der Waals surface area contributed by atoms with Crippen molar-refractivity contribution in [3.05, 3.63) is 35.1 Å². The fourth-order valence-corrected chi connectivity index (χ4v) is 2.48. The van der Waals surface area contributed by atoms with Crippen molar-refractivity contribution in [2.45, 2.75) is 31.6 Å². The molecule has 0 saturated heterocycles. The molecule has 0 aliphatic heterocycles. The Balaban J connectivity index is 2.39. The molecular formula is C12H16FN. The second-order valence-corrected chi connectivity index (χ2v) is 4.40. The lowest BCUT2D eigenvalue weighted by atomic mass is 9.81. The summed E-state index contributed by atoms with van der Waals surface area (Å²) in [6.45, 7) is 2.93. The van der Waals surface area contributed by atoms with E-state index in [9.17, 15) is 4.39 Å². The SMILES string of the molecule is CC1(CCN)CCc2cc(F)ccc21. The van der Waals surface area contributed by atoms with Crippen LogP contribution >= 0.6 is 0 Å². The summed E-state index contributed by atoms with van der Waals surface area (Å²) < 4.78 is 13.0. The lowest BCUT2D eigenvalue weighted by Gasteiger charge is -2.24. The Labute approximate surface area is 84.1 Å². The molecule has 0 heterocycles. The smallest absolute Gasteiger partial charge is 0.123 e.